The summed E-state index contributed by atoms with van der Waals surface area (Å²) in [5.41, 5.74) is 13.1. The Morgan fingerprint density at radius 3 is 2.48 bits per heavy atom. The minimum atomic E-state index is -0.0279. The number of anilines is 1. The molecular weight excluding hydrogens is 316 g/mol. The summed E-state index contributed by atoms with van der Waals surface area (Å²) in [6.45, 7) is 0.900. The molecular formula is C18H26N6O. The molecule has 7 nitrogen and oxygen atoms in total. The van der Waals surface area contributed by atoms with Gasteiger partial charge in [-0.2, -0.15) is 5.10 Å². The number of nitrogens with two attached hydrogens (primary N) is 2. The Balaban J connectivity index is 1.61. The number of amides is 1. The molecule has 0 unspecified atom stereocenters. The molecule has 1 fully saturated rings. The monoisotopic (exact) mass is 342 g/mol. The van der Waals surface area contributed by atoms with Crippen LogP contribution in [-0.4, -0.2) is 27.6 Å². The molecule has 1 aromatic carbocycles. The van der Waals surface area contributed by atoms with Crippen molar-refractivity contribution in [2.24, 2.45) is 16.9 Å². The van der Waals surface area contributed by atoms with Crippen LogP contribution in [0.15, 0.2) is 24.3 Å². The predicted octanol–water partition coefficient (Wildman–Crippen LogP) is 2.17. The van der Waals surface area contributed by atoms with Crippen LogP contribution in [0.5, 0.6) is 0 Å². The molecule has 6 N–H and O–H groups in total. The first kappa shape index (κ1) is 17.6. The molecule has 1 aromatic heterocycles. The van der Waals surface area contributed by atoms with Crippen molar-refractivity contribution in [3.05, 3.63) is 30.1 Å². The molecule has 0 bridgehead atoms. The second-order valence-electron chi connectivity index (χ2n) is 6.88. The fourth-order valence-corrected chi connectivity index (χ4v) is 3.52. The van der Waals surface area contributed by atoms with Crippen molar-refractivity contribution in [2.45, 2.75) is 45.1 Å². The molecule has 1 heterocycles. The number of rotatable bonds is 6. The predicted molar refractivity (Wildman–Crippen MR) is 97.5 cm³/mol. The van der Waals surface area contributed by atoms with Crippen LogP contribution in [0.3, 0.4) is 0 Å². The van der Waals surface area contributed by atoms with Gasteiger partial charge >= 0.3 is 0 Å². The lowest BCUT2D eigenvalue weighted by Gasteiger charge is -2.35. The van der Waals surface area contributed by atoms with E-state index in [0.717, 1.165) is 24.1 Å². The van der Waals surface area contributed by atoms with Gasteiger partial charge in [0.05, 0.1) is 6.54 Å². The number of carbonyl (C=O) groups excluding carboxylic acids is 1. The second-order valence-corrected chi connectivity index (χ2v) is 6.88. The molecule has 0 aliphatic heterocycles. The van der Waals surface area contributed by atoms with Gasteiger partial charge in [0.15, 0.2) is 5.82 Å². The van der Waals surface area contributed by atoms with E-state index in [1.54, 1.807) is 0 Å². The fraction of sp³-hybridized carbons (Fsp3) is 0.500. The quantitative estimate of drug-likeness (QED) is 0.641. The topological polar surface area (TPSA) is 123 Å². The number of hydrogen-bond acceptors (Lipinski definition) is 5. The first-order valence-electron chi connectivity index (χ1n) is 8.86. The molecule has 1 amide bonds. The number of aromatic amines is 1. The van der Waals surface area contributed by atoms with Crippen molar-refractivity contribution < 1.29 is 4.79 Å². The standard InChI is InChI=1S/C18H26N6O/c19-11-15-22-17(24-23-15)13-4-6-14(7-5-13)21-16(25)10-18(12-20)8-2-1-3-9-18/h4-7H,1-3,8-12,19-20H2,(H,21,25)(H,22,23,24). The maximum Gasteiger partial charge on any atom is 0.224 e. The van der Waals surface area contributed by atoms with Crippen molar-refractivity contribution >= 4 is 11.6 Å². The highest BCUT2D eigenvalue weighted by Gasteiger charge is 2.32. The van der Waals surface area contributed by atoms with E-state index in [9.17, 15) is 4.79 Å². The maximum absolute atomic E-state index is 12.4. The summed E-state index contributed by atoms with van der Waals surface area (Å²) in [6.07, 6.45) is 6.17. The normalized spacial score (nSPS) is 16.6. The van der Waals surface area contributed by atoms with Gasteiger partial charge in [-0.3, -0.25) is 9.89 Å². The fourth-order valence-electron chi connectivity index (χ4n) is 3.52. The van der Waals surface area contributed by atoms with Crippen LogP contribution in [0, 0.1) is 5.41 Å². The minimum absolute atomic E-state index is 0.0279. The van der Waals surface area contributed by atoms with Crippen LogP contribution in [0.1, 0.15) is 44.3 Å². The number of nitrogens with one attached hydrogen (secondary N) is 2. The summed E-state index contributed by atoms with van der Waals surface area (Å²) in [7, 11) is 0. The molecule has 25 heavy (non-hydrogen) atoms. The largest absolute Gasteiger partial charge is 0.330 e. The van der Waals surface area contributed by atoms with E-state index in [4.69, 9.17) is 11.5 Å². The number of aromatic nitrogens is 3. The van der Waals surface area contributed by atoms with Crippen molar-refractivity contribution in [3.63, 3.8) is 0 Å². The van der Waals surface area contributed by atoms with Crippen LogP contribution >= 0.6 is 0 Å². The lowest BCUT2D eigenvalue weighted by molar-refractivity contribution is -0.118. The Kier molecular flexibility index (Phi) is 5.45. The zero-order valence-electron chi connectivity index (χ0n) is 14.4. The number of carbonyl (C=O) groups is 1. The van der Waals surface area contributed by atoms with Gasteiger partial charge in [-0.1, -0.05) is 19.3 Å². The summed E-state index contributed by atoms with van der Waals surface area (Å²) >= 11 is 0. The molecule has 7 heteroatoms. The van der Waals surface area contributed by atoms with E-state index in [1.165, 1.54) is 19.3 Å². The lowest BCUT2D eigenvalue weighted by atomic mass is 9.71. The molecule has 0 atom stereocenters. The number of benzene rings is 1. The van der Waals surface area contributed by atoms with E-state index in [0.29, 0.717) is 31.2 Å². The molecule has 1 saturated carbocycles. The van der Waals surface area contributed by atoms with Gasteiger partial charge in [0.1, 0.15) is 5.82 Å². The third-order valence-corrected chi connectivity index (χ3v) is 5.03. The van der Waals surface area contributed by atoms with Crippen LogP contribution in [0.25, 0.3) is 11.4 Å². The van der Waals surface area contributed by atoms with Crippen molar-refractivity contribution in [1.82, 2.24) is 15.2 Å². The first-order chi connectivity index (χ1) is 12.1. The van der Waals surface area contributed by atoms with Crippen molar-refractivity contribution in [2.75, 3.05) is 11.9 Å². The van der Waals surface area contributed by atoms with E-state index >= 15 is 0 Å². The van der Waals surface area contributed by atoms with Crippen LogP contribution in [-0.2, 0) is 11.3 Å². The maximum atomic E-state index is 12.4. The Hall–Kier alpha value is -2.25. The molecule has 2 aromatic rings. The van der Waals surface area contributed by atoms with Crippen molar-refractivity contribution in [3.8, 4) is 11.4 Å². The molecule has 0 radical (unpaired) electrons. The van der Waals surface area contributed by atoms with Crippen LogP contribution in [0.2, 0.25) is 0 Å². The summed E-state index contributed by atoms with van der Waals surface area (Å²) in [4.78, 5) is 16.7. The van der Waals surface area contributed by atoms with E-state index in [1.807, 2.05) is 24.3 Å². The third-order valence-electron chi connectivity index (χ3n) is 5.03. The van der Waals surface area contributed by atoms with Gasteiger partial charge in [-0.25, -0.2) is 4.98 Å². The van der Waals surface area contributed by atoms with E-state index < -0.39 is 0 Å². The Morgan fingerprint density at radius 2 is 1.88 bits per heavy atom. The minimum Gasteiger partial charge on any atom is -0.330 e. The third kappa shape index (κ3) is 4.24. The van der Waals surface area contributed by atoms with Crippen LogP contribution in [0.4, 0.5) is 5.69 Å². The summed E-state index contributed by atoms with van der Waals surface area (Å²) < 4.78 is 0. The van der Waals surface area contributed by atoms with E-state index in [-0.39, 0.29) is 11.3 Å². The zero-order chi connectivity index (χ0) is 17.7. The molecule has 134 valence electrons. The first-order valence-corrected chi connectivity index (χ1v) is 8.86. The Labute approximate surface area is 147 Å². The highest BCUT2D eigenvalue weighted by molar-refractivity contribution is 5.91. The summed E-state index contributed by atoms with van der Waals surface area (Å²) in [6, 6.07) is 7.50. The highest BCUT2D eigenvalue weighted by Crippen LogP contribution is 2.38. The SMILES string of the molecule is NCc1nc(-c2ccc(NC(=O)CC3(CN)CCCCC3)cc2)n[nH]1. The summed E-state index contributed by atoms with van der Waals surface area (Å²) in [5.74, 6) is 1.28. The molecule has 1 aliphatic carbocycles. The van der Waals surface area contributed by atoms with Gasteiger partial charge in [-0.15, -0.1) is 0 Å². The molecule has 0 saturated heterocycles. The van der Waals surface area contributed by atoms with Gasteiger partial charge in [0.25, 0.3) is 0 Å². The highest BCUT2D eigenvalue weighted by atomic mass is 16.1. The number of hydrogen-bond donors (Lipinski definition) is 4. The number of H-pyrrole nitrogens is 1. The lowest BCUT2D eigenvalue weighted by Crippen LogP contribution is -2.36. The number of nitrogens with zero attached hydrogens (tertiary/aromatic N) is 2. The molecule has 0 spiro atoms. The van der Waals surface area contributed by atoms with Crippen LogP contribution < -0.4 is 16.8 Å². The average Bonchev–Trinajstić information content (AvgIpc) is 3.12. The zero-order valence-corrected chi connectivity index (χ0v) is 14.4. The average molecular weight is 342 g/mol. The van der Waals surface area contributed by atoms with Gasteiger partial charge in [0.2, 0.25) is 5.91 Å². The van der Waals surface area contributed by atoms with E-state index in [2.05, 4.69) is 20.5 Å². The van der Waals surface area contributed by atoms with Gasteiger partial charge in [-0.05, 0) is 49.1 Å². The molecule has 1 aliphatic rings. The molecule has 3 rings (SSSR count). The Bertz CT molecular complexity index is 703. The van der Waals surface area contributed by atoms with Gasteiger partial charge < -0.3 is 16.8 Å². The second kappa shape index (κ2) is 7.76. The Morgan fingerprint density at radius 1 is 1.16 bits per heavy atom. The van der Waals surface area contributed by atoms with Gasteiger partial charge in [0, 0.05) is 17.7 Å². The summed E-state index contributed by atoms with van der Waals surface area (Å²) in [5, 5.41) is 9.90. The van der Waals surface area contributed by atoms with Crippen molar-refractivity contribution in [1.29, 1.82) is 0 Å². The smallest absolute Gasteiger partial charge is 0.224 e.